The van der Waals surface area contributed by atoms with Crippen molar-refractivity contribution < 1.29 is 9.59 Å². The summed E-state index contributed by atoms with van der Waals surface area (Å²) in [6, 6.07) is 0. The molecule has 0 spiro atoms. The van der Waals surface area contributed by atoms with E-state index in [9.17, 15) is 9.59 Å². The molecular formula is C13H22Cl2N4O2S. The normalized spacial score (nSPS) is 12.5. The average Bonchev–Trinajstić information content (AvgIpc) is 2.86. The number of amides is 2. The van der Waals surface area contributed by atoms with Crippen molar-refractivity contribution in [1.82, 2.24) is 15.2 Å². The highest BCUT2D eigenvalue weighted by molar-refractivity contribution is 7.11. The summed E-state index contributed by atoms with van der Waals surface area (Å²) in [6.45, 7) is 0.378. The molecule has 1 aliphatic carbocycles. The molecular weight excluding hydrogens is 347 g/mol. The van der Waals surface area contributed by atoms with Crippen molar-refractivity contribution in [3.05, 3.63) is 15.6 Å². The van der Waals surface area contributed by atoms with Crippen molar-refractivity contribution in [3.8, 4) is 0 Å². The minimum absolute atomic E-state index is 0. The van der Waals surface area contributed by atoms with Gasteiger partial charge in [-0.25, -0.2) is 4.98 Å². The van der Waals surface area contributed by atoms with E-state index in [4.69, 9.17) is 5.73 Å². The van der Waals surface area contributed by atoms with E-state index >= 15 is 0 Å². The smallest absolute Gasteiger partial charge is 0.242 e. The Morgan fingerprint density at radius 1 is 1.32 bits per heavy atom. The van der Waals surface area contributed by atoms with Crippen LogP contribution in [0.1, 0.15) is 28.4 Å². The molecule has 0 bridgehead atoms. The van der Waals surface area contributed by atoms with Gasteiger partial charge in [0, 0.05) is 11.9 Å². The highest BCUT2D eigenvalue weighted by Gasteiger charge is 2.17. The molecule has 1 aliphatic rings. The quantitative estimate of drug-likeness (QED) is 0.807. The molecule has 0 aromatic carbocycles. The second-order valence-corrected chi connectivity index (χ2v) is 6.08. The molecule has 0 saturated heterocycles. The lowest BCUT2D eigenvalue weighted by Crippen LogP contribution is -2.40. The Morgan fingerprint density at radius 3 is 2.64 bits per heavy atom. The minimum atomic E-state index is -0.323. The molecule has 0 radical (unpaired) electrons. The fourth-order valence-electron chi connectivity index (χ4n) is 2.15. The van der Waals surface area contributed by atoms with Crippen LogP contribution in [0.3, 0.4) is 0 Å². The van der Waals surface area contributed by atoms with Crippen molar-refractivity contribution in [3.63, 3.8) is 0 Å². The van der Waals surface area contributed by atoms with Gasteiger partial charge < -0.3 is 16.0 Å². The van der Waals surface area contributed by atoms with Gasteiger partial charge in [0.15, 0.2) is 0 Å². The Bertz CT molecular complexity index is 487. The zero-order chi connectivity index (χ0) is 14.5. The Morgan fingerprint density at radius 2 is 2.00 bits per heavy atom. The number of fused-ring (bicyclic) bond motifs is 1. The first-order chi connectivity index (χ1) is 9.60. The average molecular weight is 369 g/mol. The fraction of sp³-hybridized carbons (Fsp3) is 0.615. The predicted octanol–water partition coefficient (Wildman–Crippen LogP) is 0.899. The van der Waals surface area contributed by atoms with E-state index in [2.05, 4.69) is 10.3 Å². The number of halogens is 2. The first kappa shape index (κ1) is 21.1. The standard InChI is InChI=1S/C13H20N4O2S.2ClH/c1-17(13(19)7-15-11(18)6-14)8-12-16-9-4-2-3-5-10(9)20-12;;/h2-8,14H2,1H3,(H,15,18);2*1H. The number of carbonyl (C=O) groups is 2. The highest BCUT2D eigenvalue weighted by Crippen LogP contribution is 2.27. The van der Waals surface area contributed by atoms with E-state index in [1.165, 1.54) is 23.4 Å². The number of aryl methyl sites for hydroxylation is 2. The van der Waals surface area contributed by atoms with Crippen molar-refractivity contribution in [2.75, 3.05) is 20.1 Å². The third-order valence-corrected chi connectivity index (χ3v) is 4.45. The van der Waals surface area contributed by atoms with Crippen LogP contribution in [-0.2, 0) is 29.0 Å². The summed E-state index contributed by atoms with van der Waals surface area (Å²) < 4.78 is 0. The Balaban J connectivity index is 0.00000220. The molecule has 0 atom stereocenters. The summed E-state index contributed by atoms with van der Waals surface area (Å²) in [5.74, 6) is -0.462. The summed E-state index contributed by atoms with van der Waals surface area (Å²) in [5, 5.41) is 3.45. The van der Waals surface area contributed by atoms with Crippen LogP contribution in [0.4, 0.5) is 0 Å². The van der Waals surface area contributed by atoms with E-state index in [0.29, 0.717) is 6.54 Å². The van der Waals surface area contributed by atoms with Crippen LogP contribution in [0.5, 0.6) is 0 Å². The van der Waals surface area contributed by atoms with Crippen LogP contribution in [0.15, 0.2) is 0 Å². The van der Waals surface area contributed by atoms with E-state index in [0.717, 1.165) is 17.8 Å². The lowest BCUT2D eigenvalue weighted by Gasteiger charge is -2.15. The number of nitrogens with zero attached hydrogens (tertiary/aromatic N) is 2. The van der Waals surface area contributed by atoms with Crippen LogP contribution in [-0.4, -0.2) is 41.8 Å². The van der Waals surface area contributed by atoms with E-state index < -0.39 is 0 Å². The first-order valence-corrected chi connectivity index (χ1v) is 7.60. The minimum Gasteiger partial charge on any atom is -0.346 e. The van der Waals surface area contributed by atoms with E-state index in [-0.39, 0.29) is 49.7 Å². The lowest BCUT2D eigenvalue weighted by atomic mass is 10.0. The van der Waals surface area contributed by atoms with Crippen LogP contribution in [0, 0.1) is 0 Å². The Kier molecular flexibility index (Phi) is 9.59. The maximum atomic E-state index is 11.9. The van der Waals surface area contributed by atoms with Gasteiger partial charge in [0.25, 0.3) is 0 Å². The molecule has 0 fully saturated rings. The number of hydrogen-bond acceptors (Lipinski definition) is 5. The van der Waals surface area contributed by atoms with Gasteiger partial charge in [0.1, 0.15) is 5.01 Å². The molecule has 126 valence electrons. The van der Waals surface area contributed by atoms with Gasteiger partial charge >= 0.3 is 0 Å². The third-order valence-electron chi connectivity index (χ3n) is 3.31. The summed E-state index contributed by atoms with van der Waals surface area (Å²) in [5.41, 5.74) is 6.37. The van der Waals surface area contributed by atoms with Gasteiger partial charge in [0.2, 0.25) is 11.8 Å². The van der Waals surface area contributed by atoms with Crippen molar-refractivity contribution in [2.45, 2.75) is 32.2 Å². The van der Waals surface area contributed by atoms with Gasteiger partial charge in [-0.2, -0.15) is 0 Å². The summed E-state index contributed by atoms with van der Waals surface area (Å²) in [6.07, 6.45) is 4.60. The number of hydrogen-bond donors (Lipinski definition) is 2. The Hall–Kier alpha value is -0.890. The molecule has 9 heteroatoms. The van der Waals surface area contributed by atoms with E-state index in [1.54, 1.807) is 23.3 Å². The van der Waals surface area contributed by atoms with Crippen LogP contribution in [0.2, 0.25) is 0 Å². The van der Waals surface area contributed by atoms with E-state index in [1.807, 2.05) is 0 Å². The van der Waals surface area contributed by atoms with Crippen LogP contribution >= 0.6 is 36.2 Å². The number of likely N-dealkylation sites (N-methyl/N-ethyl adjacent to an activating group) is 1. The number of nitrogens with two attached hydrogens (primary N) is 1. The third kappa shape index (κ3) is 5.72. The van der Waals surface area contributed by atoms with Gasteiger partial charge in [-0.1, -0.05) is 0 Å². The van der Waals surface area contributed by atoms with Crippen molar-refractivity contribution >= 4 is 48.0 Å². The molecule has 1 aromatic heterocycles. The summed E-state index contributed by atoms with van der Waals surface area (Å²) >= 11 is 1.70. The van der Waals surface area contributed by atoms with Crippen molar-refractivity contribution in [2.24, 2.45) is 5.73 Å². The maximum absolute atomic E-state index is 11.9. The zero-order valence-electron chi connectivity index (χ0n) is 12.5. The molecule has 0 aliphatic heterocycles. The van der Waals surface area contributed by atoms with Gasteiger partial charge in [-0.15, -0.1) is 36.2 Å². The zero-order valence-corrected chi connectivity index (χ0v) is 14.9. The van der Waals surface area contributed by atoms with Crippen LogP contribution in [0.25, 0.3) is 0 Å². The number of rotatable bonds is 5. The molecule has 6 nitrogen and oxygen atoms in total. The summed E-state index contributed by atoms with van der Waals surface area (Å²) in [4.78, 5) is 30.4. The number of nitrogens with one attached hydrogen (secondary N) is 1. The molecule has 2 amide bonds. The second-order valence-electron chi connectivity index (χ2n) is 4.92. The number of thiazole rings is 1. The molecule has 1 aromatic rings. The Labute approximate surface area is 146 Å². The first-order valence-electron chi connectivity index (χ1n) is 6.78. The van der Waals surface area contributed by atoms with Gasteiger partial charge in [-0.05, 0) is 25.7 Å². The number of aromatic nitrogens is 1. The fourth-order valence-corrected chi connectivity index (χ4v) is 3.36. The molecule has 1 heterocycles. The van der Waals surface area contributed by atoms with Crippen LogP contribution < -0.4 is 11.1 Å². The highest BCUT2D eigenvalue weighted by atomic mass is 35.5. The number of carbonyl (C=O) groups excluding carboxylic acids is 2. The maximum Gasteiger partial charge on any atom is 0.242 e. The lowest BCUT2D eigenvalue weighted by molar-refractivity contribution is -0.131. The molecule has 2 rings (SSSR count). The molecule has 3 N–H and O–H groups in total. The topological polar surface area (TPSA) is 88.3 Å². The molecule has 22 heavy (non-hydrogen) atoms. The van der Waals surface area contributed by atoms with Gasteiger partial charge in [0.05, 0.1) is 25.3 Å². The van der Waals surface area contributed by atoms with Crippen molar-refractivity contribution in [1.29, 1.82) is 0 Å². The SMILES string of the molecule is CN(Cc1nc2c(s1)CCCC2)C(=O)CNC(=O)CN.Cl.Cl. The molecule has 0 unspecified atom stereocenters. The largest absolute Gasteiger partial charge is 0.346 e. The summed E-state index contributed by atoms with van der Waals surface area (Å²) in [7, 11) is 1.72. The second kappa shape index (κ2) is 9.99. The molecule has 0 saturated carbocycles. The predicted molar refractivity (Wildman–Crippen MR) is 91.8 cm³/mol. The monoisotopic (exact) mass is 368 g/mol. The van der Waals surface area contributed by atoms with Gasteiger partial charge in [-0.3, -0.25) is 9.59 Å².